The summed E-state index contributed by atoms with van der Waals surface area (Å²) in [6.45, 7) is 3.42. The minimum absolute atomic E-state index is 0.0225. The van der Waals surface area contributed by atoms with Crippen molar-refractivity contribution in [1.82, 2.24) is 9.62 Å². The van der Waals surface area contributed by atoms with Gasteiger partial charge in [-0.2, -0.15) is 0 Å². The van der Waals surface area contributed by atoms with Crippen molar-refractivity contribution in [2.45, 2.75) is 30.4 Å². The number of sulfonamides is 1. The van der Waals surface area contributed by atoms with E-state index in [2.05, 4.69) is 36.5 Å². The molecule has 0 bridgehead atoms. The molecule has 0 aliphatic carbocycles. The fraction of sp³-hybridized carbons (Fsp3) is 0.409. The molecular weight excluding hydrogens is 440 g/mol. The number of thioether (sulfide) groups is 1. The number of nitrogens with one attached hydrogen (secondary N) is 1. The van der Waals surface area contributed by atoms with E-state index in [1.807, 2.05) is 0 Å². The van der Waals surface area contributed by atoms with Crippen LogP contribution in [-0.4, -0.2) is 44.0 Å². The minimum Gasteiger partial charge on any atom is -0.355 e. The van der Waals surface area contributed by atoms with Crippen LogP contribution >= 0.6 is 23.4 Å². The number of nitrogens with zero attached hydrogens (tertiary/aromatic N) is 1. The maximum absolute atomic E-state index is 12.7. The number of amides is 1. The summed E-state index contributed by atoms with van der Waals surface area (Å²) in [5.74, 6) is 0.658. The lowest BCUT2D eigenvalue weighted by Gasteiger charge is -2.30. The van der Waals surface area contributed by atoms with Crippen LogP contribution in [0.15, 0.2) is 53.4 Å². The van der Waals surface area contributed by atoms with Crippen molar-refractivity contribution in [2.75, 3.05) is 25.4 Å². The van der Waals surface area contributed by atoms with Crippen molar-refractivity contribution >= 4 is 39.3 Å². The van der Waals surface area contributed by atoms with Crippen LogP contribution in [0.2, 0.25) is 5.02 Å². The van der Waals surface area contributed by atoms with Gasteiger partial charge in [0.15, 0.2) is 0 Å². The Hall–Kier alpha value is -1.54. The summed E-state index contributed by atoms with van der Waals surface area (Å²) in [5, 5.41) is 3.58. The average Bonchev–Trinajstić information content (AvgIpc) is 2.74. The van der Waals surface area contributed by atoms with E-state index in [1.165, 1.54) is 14.8 Å². The zero-order valence-electron chi connectivity index (χ0n) is 17.0. The van der Waals surface area contributed by atoms with Gasteiger partial charge < -0.3 is 5.32 Å². The molecule has 0 atom stereocenters. The molecule has 1 saturated heterocycles. The van der Waals surface area contributed by atoms with Gasteiger partial charge in [-0.25, -0.2) is 12.7 Å². The topological polar surface area (TPSA) is 66.5 Å². The first-order valence-electron chi connectivity index (χ1n) is 10.0. The van der Waals surface area contributed by atoms with E-state index in [0.717, 1.165) is 5.75 Å². The number of rotatable bonds is 8. The molecule has 0 saturated carbocycles. The molecule has 1 amide bonds. The Balaban J connectivity index is 1.40. The summed E-state index contributed by atoms with van der Waals surface area (Å²) in [5.41, 5.74) is 1.94. The SMILES string of the molecule is Cc1ccc(SCCNC(=O)C2CCN(S(=O)(=O)Cc3ccc(Cl)cc3)CC2)cc1. The van der Waals surface area contributed by atoms with Gasteiger partial charge in [-0.3, -0.25) is 4.79 Å². The van der Waals surface area contributed by atoms with E-state index in [1.54, 1.807) is 36.0 Å². The fourth-order valence-corrected chi connectivity index (χ4v) is 5.86. The molecule has 162 valence electrons. The third-order valence-corrected chi connectivity index (χ3v) is 8.29. The van der Waals surface area contributed by atoms with Crippen molar-refractivity contribution in [1.29, 1.82) is 0 Å². The van der Waals surface area contributed by atoms with Gasteiger partial charge in [0.05, 0.1) is 5.75 Å². The van der Waals surface area contributed by atoms with Crippen LogP contribution in [0.1, 0.15) is 24.0 Å². The molecule has 0 radical (unpaired) electrons. The Kier molecular flexibility index (Phi) is 8.22. The van der Waals surface area contributed by atoms with E-state index < -0.39 is 10.0 Å². The first-order valence-corrected chi connectivity index (χ1v) is 13.0. The molecule has 0 spiro atoms. The zero-order chi connectivity index (χ0) is 21.6. The van der Waals surface area contributed by atoms with Crippen LogP contribution in [-0.2, 0) is 20.6 Å². The monoisotopic (exact) mass is 466 g/mol. The maximum Gasteiger partial charge on any atom is 0.223 e. The molecule has 1 fully saturated rings. The van der Waals surface area contributed by atoms with Crippen LogP contribution in [0.3, 0.4) is 0 Å². The van der Waals surface area contributed by atoms with E-state index >= 15 is 0 Å². The molecule has 0 aromatic heterocycles. The second kappa shape index (κ2) is 10.7. The van der Waals surface area contributed by atoms with Gasteiger partial charge in [0.2, 0.25) is 15.9 Å². The van der Waals surface area contributed by atoms with Crippen LogP contribution in [0.5, 0.6) is 0 Å². The van der Waals surface area contributed by atoms with Gasteiger partial charge in [0.25, 0.3) is 0 Å². The van der Waals surface area contributed by atoms with Gasteiger partial charge in [-0.15, -0.1) is 11.8 Å². The predicted molar refractivity (Wildman–Crippen MR) is 123 cm³/mol. The summed E-state index contributed by atoms with van der Waals surface area (Å²) in [6, 6.07) is 15.2. The molecule has 1 N–H and O–H groups in total. The number of carbonyl (C=O) groups excluding carboxylic acids is 1. The van der Waals surface area contributed by atoms with E-state index in [0.29, 0.717) is 43.1 Å². The molecule has 30 heavy (non-hydrogen) atoms. The summed E-state index contributed by atoms with van der Waals surface area (Å²) in [6.07, 6.45) is 1.10. The second-order valence-electron chi connectivity index (χ2n) is 7.51. The molecule has 1 aliphatic heterocycles. The lowest BCUT2D eigenvalue weighted by atomic mass is 9.97. The van der Waals surface area contributed by atoms with Crippen molar-refractivity contribution in [3.05, 3.63) is 64.7 Å². The molecule has 5 nitrogen and oxygen atoms in total. The smallest absolute Gasteiger partial charge is 0.223 e. The highest BCUT2D eigenvalue weighted by Gasteiger charge is 2.31. The van der Waals surface area contributed by atoms with E-state index in [9.17, 15) is 13.2 Å². The number of piperidine rings is 1. The highest BCUT2D eigenvalue weighted by atomic mass is 35.5. The average molecular weight is 467 g/mol. The van der Waals surface area contributed by atoms with Crippen molar-refractivity contribution in [3.63, 3.8) is 0 Å². The number of hydrogen-bond acceptors (Lipinski definition) is 4. The van der Waals surface area contributed by atoms with Crippen molar-refractivity contribution in [2.24, 2.45) is 5.92 Å². The third-order valence-electron chi connectivity index (χ3n) is 5.17. The predicted octanol–water partition coefficient (Wildman–Crippen LogP) is 4.10. The third kappa shape index (κ3) is 6.74. The van der Waals surface area contributed by atoms with Crippen LogP contribution in [0.4, 0.5) is 0 Å². The number of halogens is 1. The van der Waals surface area contributed by atoms with Crippen molar-refractivity contribution in [3.8, 4) is 0 Å². The molecule has 3 rings (SSSR count). The van der Waals surface area contributed by atoms with Gasteiger partial charge in [0.1, 0.15) is 0 Å². The Morgan fingerprint density at radius 2 is 1.73 bits per heavy atom. The summed E-state index contributed by atoms with van der Waals surface area (Å²) < 4.78 is 26.8. The van der Waals surface area contributed by atoms with Gasteiger partial charge in [-0.05, 0) is 49.6 Å². The summed E-state index contributed by atoms with van der Waals surface area (Å²) in [7, 11) is -3.40. The fourth-order valence-electron chi connectivity index (χ4n) is 3.40. The Morgan fingerprint density at radius 1 is 1.10 bits per heavy atom. The summed E-state index contributed by atoms with van der Waals surface area (Å²) in [4.78, 5) is 13.6. The second-order valence-corrected chi connectivity index (χ2v) is 11.1. The van der Waals surface area contributed by atoms with E-state index in [4.69, 9.17) is 11.6 Å². The van der Waals surface area contributed by atoms with Gasteiger partial charge >= 0.3 is 0 Å². The normalized spacial score (nSPS) is 15.8. The Morgan fingerprint density at radius 3 is 2.37 bits per heavy atom. The lowest BCUT2D eigenvalue weighted by molar-refractivity contribution is -0.125. The Bertz CT molecular complexity index is 939. The Labute approximate surface area is 188 Å². The quantitative estimate of drug-likeness (QED) is 0.470. The standard InChI is InChI=1S/C22H27ClN2O3S2/c1-17-2-8-21(9-3-17)29-15-12-24-22(26)19-10-13-25(14-11-19)30(27,28)16-18-4-6-20(23)7-5-18/h2-9,19H,10-16H2,1H3,(H,24,26). The van der Waals surface area contributed by atoms with E-state index in [-0.39, 0.29) is 17.6 Å². The molecule has 2 aromatic carbocycles. The van der Waals surface area contributed by atoms with Crippen LogP contribution in [0, 0.1) is 12.8 Å². The largest absolute Gasteiger partial charge is 0.355 e. The lowest BCUT2D eigenvalue weighted by Crippen LogP contribution is -2.43. The molecule has 1 heterocycles. The minimum atomic E-state index is -3.40. The maximum atomic E-state index is 12.7. The number of hydrogen-bond donors (Lipinski definition) is 1. The molecule has 1 aliphatic rings. The molecule has 2 aromatic rings. The van der Waals surface area contributed by atoms with Crippen LogP contribution in [0.25, 0.3) is 0 Å². The number of benzene rings is 2. The molecular formula is C22H27ClN2O3S2. The zero-order valence-corrected chi connectivity index (χ0v) is 19.4. The van der Waals surface area contributed by atoms with Crippen LogP contribution < -0.4 is 5.32 Å². The number of aryl methyl sites for hydroxylation is 1. The summed E-state index contributed by atoms with van der Waals surface area (Å²) >= 11 is 7.57. The first kappa shape index (κ1) is 23.1. The van der Waals surface area contributed by atoms with Crippen molar-refractivity contribution < 1.29 is 13.2 Å². The first-order chi connectivity index (χ1) is 14.3. The highest BCUT2D eigenvalue weighted by Crippen LogP contribution is 2.23. The van der Waals surface area contributed by atoms with Gasteiger partial charge in [0, 0.05) is 41.2 Å². The molecule has 0 unspecified atom stereocenters. The van der Waals surface area contributed by atoms with Gasteiger partial charge in [-0.1, -0.05) is 41.4 Å². The number of carbonyl (C=O) groups is 1. The highest BCUT2D eigenvalue weighted by molar-refractivity contribution is 7.99. The molecule has 8 heteroatoms.